The highest BCUT2D eigenvalue weighted by Gasteiger charge is 2.21. The van der Waals surface area contributed by atoms with Gasteiger partial charge in [0.05, 0.1) is 0 Å². The predicted octanol–water partition coefficient (Wildman–Crippen LogP) is 3.57. The fourth-order valence-corrected chi connectivity index (χ4v) is 3.92. The molecule has 3 rings (SSSR count). The van der Waals surface area contributed by atoms with Gasteiger partial charge in [0, 0.05) is 23.6 Å². The minimum Gasteiger partial charge on any atom is -0.296 e. The fourth-order valence-electron chi connectivity index (χ4n) is 2.89. The van der Waals surface area contributed by atoms with Crippen LogP contribution < -0.4 is 5.69 Å². The molecule has 22 heavy (non-hydrogen) atoms. The zero-order valence-electron chi connectivity index (χ0n) is 12.6. The van der Waals surface area contributed by atoms with Gasteiger partial charge in [0.2, 0.25) is 0 Å². The van der Waals surface area contributed by atoms with Crippen molar-refractivity contribution in [3.8, 4) is 0 Å². The summed E-state index contributed by atoms with van der Waals surface area (Å²) < 4.78 is 14.8. The maximum Gasteiger partial charge on any atom is 0.348 e. The number of aromatic nitrogens is 2. The first-order valence-electron chi connectivity index (χ1n) is 7.69. The van der Waals surface area contributed by atoms with Gasteiger partial charge in [-0.1, -0.05) is 19.1 Å². The molecule has 1 aliphatic carbocycles. The quantitative estimate of drug-likeness (QED) is 0.624. The van der Waals surface area contributed by atoms with Gasteiger partial charge in [-0.3, -0.25) is 4.57 Å². The van der Waals surface area contributed by atoms with E-state index in [1.807, 2.05) is 4.57 Å². The molecule has 1 aromatic carbocycles. The Morgan fingerprint density at radius 3 is 2.77 bits per heavy atom. The van der Waals surface area contributed by atoms with E-state index < -0.39 is 0 Å². The Hall–Kier alpha value is -1.62. The zero-order chi connectivity index (χ0) is 15.5. The molecule has 0 bridgehead atoms. The summed E-state index contributed by atoms with van der Waals surface area (Å²) in [4.78, 5) is 16.5. The molecule has 2 aromatic rings. The number of hydrogen-bond donors (Lipinski definition) is 0. The molecule has 5 heteroatoms. The first-order chi connectivity index (χ1) is 10.7. The maximum absolute atomic E-state index is 12.9. The molecular formula is C17H19FN2OS. The van der Waals surface area contributed by atoms with Crippen LogP contribution in [0.4, 0.5) is 4.39 Å². The van der Waals surface area contributed by atoms with Crippen molar-refractivity contribution in [3.63, 3.8) is 0 Å². The molecule has 0 aliphatic heterocycles. The summed E-state index contributed by atoms with van der Waals surface area (Å²) in [5.74, 6) is 0.478. The SMILES string of the molecule is CCCn1c2c(c(SCc3ccc(F)cc3)nc1=O)CCC2. The minimum atomic E-state index is -0.227. The summed E-state index contributed by atoms with van der Waals surface area (Å²) in [5, 5.41) is 0.856. The predicted molar refractivity (Wildman–Crippen MR) is 86.8 cm³/mol. The molecule has 0 amide bonds. The Bertz CT molecular complexity index is 725. The third-order valence-corrected chi connectivity index (χ3v) is 5.03. The molecule has 0 radical (unpaired) electrons. The molecule has 0 N–H and O–H groups in total. The average Bonchev–Trinajstić information content (AvgIpc) is 2.99. The van der Waals surface area contributed by atoms with Crippen molar-refractivity contribution in [2.45, 2.75) is 49.9 Å². The van der Waals surface area contributed by atoms with Crippen LogP contribution in [0.15, 0.2) is 34.1 Å². The normalized spacial score (nSPS) is 13.4. The lowest BCUT2D eigenvalue weighted by Gasteiger charge is -2.13. The van der Waals surface area contributed by atoms with Crippen LogP contribution in [-0.4, -0.2) is 9.55 Å². The highest BCUT2D eigenvalue weighted by Crippen LogP contribution is 2.31. The van der Waals surface area contributed by atoms with E-state index in [1.54, 1.807) is 23.9 Å². The molecule has 3 nitrogen and oxygen atoms in total. The van der Waals surface area contributed by atoms with Gasteiger partial charge in [-0.2, -0.15) is 4.98 Å². The summed E-state index contributed by atoms with van der Waals surface area (Å²) in [6.07, 6.45) is 4.00. The van der Waals surface area contributed by atoms with Crippen LogP contribution in [0.5, 0.6) is 0 Å². The third-order valence-electron chi connectivity index (χ3n) is 3.94. The van der Waals surface area contributed by atoms with Gasteiger partial charge in [-0.25, -0.2) is 9.18 Å². The van der Waals surface area contributed by atoms with Crippen LogP contribution in [0.25, 0.3) is 0 Å². The van der Waals surface area contributed by atoms with E-state index in [9.17, 15) is 9.18 Å². The van der Waals surface area contributed by atoms with Gasteiger partial charge < -0.3 is 0 Å². The number of thioether (sulfide) groups is 1. The second kappa shape index (κ2) is 6.65. The molecular weight excluding hydrogens is 299 g/mol. The number of rotatable bonds is 5. The number of hydrogen-bond acceptors (Lipinski definition) is 3. The van der Waals surface area contributed by atoms with Crippen molar-refractivity contribution in [3.05, 3.63) is 57.4 Å². The van der Waals surface area contributed by atoms with E-state index in [1.165, 1.54) is 23.4 Å². The van der Waals surface area contributed by atoms with E-state index in [-0.39, 0.29) is 11.5 Å². The second-order valence-corrected chi connectivity index (χ2v) is 6.51. The van der Waals surface area contributed by atoms with E-state index in [4.69, 9.17) is 0 Å². The van der Waals surface area contributed by atoms with Crippen molar-refractivity contribution in [2.75, 3.05) is 0 Å². The van der Waals surface area contributed by atoms with Crippen LogP contribution in [-0.2, 0) is 25.1 Å². The molecule has 0 saturated heterocycles. The number of nitrogens with zero attached hydrogens (tertiary/aromatic N) is 2. The zero-order valence-corrected chi connectivity index (χ0v) is 13.5. The molecule has 116 valence electrons. The van der Waals surface area contributed by atoms with Crippen molar-refractivity contribution in [1.29, 1.82) is 0 Å². The molecule has 1 aromatic heterocycles. The van der Waals surface area contributed by atoms with Crippen LogP contribution in [0.3, 0.4) is 0 Å². The molecule has 0 unspecified atom stereocenters. The Labute approximate surface area is 133 Å². The van der Waals surface area contributed by atoms with Gasteiger partial charge in [-0.05, 0) is 43.4 Å². The van der Waals surface area contributed by atoms with Crippen molar-refractivity contribution in [1.82, 2.24) is 9.55 Å². The van der Waals surface area contributed by atoms with Crippen molar-refractivity contribution < 1.29 is 4.39 Å². The monoisotopic (exact) mass is 318 g/mol. The van der Waals surface area contributed by atoms with Crippen LogP contribution in [0.1, 0.15) is 36.6 Å². The average molecular weight is 318 g/mol. The summed E-state index contributed by atoms with van der Waals surface area (Å²) in [6.45, 7) is 2.82. The second-order valence-electron chi connectivity index (χ2n) is 5.55. The van der Waals surface area contributed by atoms with E-state index in [0.717, 1.165) is 42.8 Å². The van der Waals surface area contributed by atoms with Gasteiger partial charge >= 0.3 is 5.69 Å². The number of fused-ring (bicyclic) bond motifs is 1. The number of halogens is 1. The minimum absolute atomic E-state index is 0.135. The number of benzene rings is 1. The maximum atomic E-state index is 12.9. The smallest absolute Gasteiger partial charge is 0.296 e. The standard InChI is InChI=1S/C17H19FN2OS/c1-2-10-20-15-5-3-4-14(15)16(19-17(20)21)22-11-12-6-8-13(18)9-7-12/h6-9H,2-5,10-11H2,1H3. The van der Waals surface area contributed by atoms with E-state index >= 15 is 0 Å². The molecule has 0 spiro atoms. The van der Waals surface area contributed by atoms with E-state index in [2.05, 4.69) is 11.9 Å². The summed E-state index contributed by atoms with van der Waals surface area (Å²) >= 11 is 1.58. The lowest BCUT2D eigenvalue weighted by molar-refractivity contribution is 0.597. The lowest BCUT2D eigenvalue weighted by atomic mass is 10.2. The van der Waals surface area contributed by atoms with Gasteiger partial charge in [0.15, 0.2) is 0 Å². The largest absolute Gasteiger partial charge is 0.348 e. The summed E-state index contributed by atoms with van der Waals surface area (Å²) in [5.41, 5.74) is 3.31. The van der Waals surface area contributed by atoms with Crippen molar-refractivity contribution in [2.24, 2.45) is 0 Å². The highest BCUT2D eigenvalue weighted by molar-refractivity contribution is 7.98. The first-order valence-corrected chi connectivity index (χ1v) is 8.67. The Kier molecular flexibility index (Phi) is 4.62. The van der Waals surface area contributed by atoms with Crippen LogP contribution in [0, 0.1) is 5.82 Å². The summed E-state index contributed by atoms with van der Waals surface area (Å²) in [6, 6.07) is 6.49. The van der Waals surface area contributed by atoms with E-state index in [0.29, 0.717) is 5.75 Å². The molecule has 1 heterocycles. The Morgan fingerprint density at radius 2 is 2.05 bits per heavy atom. The van der Waals surface area contributed by atoms with Crippen LogP contribution in [0.2, 0.25) is 0 Å². The Morgan fingerprint density at radius 1 is 1.27 bits per heavy atom. The highest BCUT2D eigenvalue weighted by atomic mass is 32.2. The Balaban J connectivity index is 1.85. The molecule has 1 aliphatic rings. The molecule has 0 fully saturated rings. The van der Waals surface area contributed by atoms with Crippen molar-refractivity contribution >= 4 is 11.8 Å². The van der Waals surface area contributed by atoms with Gasteiger partial charge in [0.1, 0.15) is 10.8 Å². The molecule has 0 atom stereocenters. The third kappa shape index (κ3) is 3.09. The molecule has 0 saturated carbocycles. The lowest BCUT2D eigenvalue weighted by Crippen LogP contribution is -2.27. The van der Waals surface area contributed by atoms with Gasteiger partial charge in [0.25, 0.3) is 0 Å². The van der Waals surface area contributed by atoms with Gasteiger partial charge in [-0.15, -0.1) is 11.8 Å². The topological polar surface area (TPSA) is 34.9 Å². The van der Waals surface area contributed by atoms with Crippen LogP contribution >= 0.6 is 11.8 Å². The fraction of sp³-hybridized carbons (Fsp3) is 0.412. The summed E-state index contributed by atoms with van der Waals surface area (Å²) in [7, 11) is 0. The first kappa shape index (κ1) is 15.3.